The molecule has 1 atom stereocenters. The van der Waals surface area contributed by atoms with Crippen molar-refractivity contribution < 1.29 is 9.18 Å². The van der Waals surface area contributed by atoms with Gasteiger partial charge in [0.05, 0.1) is 11.7 Å². The highest BCUT2D eigenvalue weighted by atomic mass is 79.9. The average Bonchev–Trinajstić information content (AvgIpc) is 2.19. The van der Waals surface area contributed by atoms with E-state index < -0.39 is 17.8 Å². The Morgan fingerprint density at radius 2 is 2.06 bits per heavy atom. The van der Waals surface area contributed by atoms with Gasteiger partial charge in [0.25, 0.3) is 0 Å². The summed E-state index contributed by atoms with van der Waals surface area (Å²) >= 11 is 3.15. The van der Waals surface area contributed by atoms with Gasteiger partial charge in [0.1, 0.15) is 5.82 Å². The van der Waals surface area contributed by atoms with Crippen molar-refractivity contribution in [2.75, 3.05) is 5.32 Å². The summed E-state index contributed by atoms with van der Waals surface area (Å²) in [4.78, 5) is 11.8. The average molecular weight is 303 g/mol. The Balaban J connectivity index is 2.82. The molecule has 1 aromatic rings. The second-order valence-corrected chi connectivity index (χ2v) is 5.87. The largest absolute Gasteiger partial charge is 0.322 e. The van der Waals surface area contributed by atoms with Gasteiger partial charge in [-0.25, -0.2) is 4.39 Å². The maximum Gasteiger partial charge on any atom is 0.241 e. The Bertz CT molecular complexity index is 429. The van der Waals surface area contributed by atoms with Crippen LogP contribution in [-0.2, 0) is 4.79 Å². The quantitative estimate of drug-likeness (QED) is 0.882. The molecule has 0 aromatic heterocycles. The molecule has 0 aliphatic rings. The number of nitrogens with one attached hydrogen (secondary N) is 1. The minimum Gasteiger partial charge on any atom is -0.322 e. The summed E-state index contributed by atoms with van der Waals surface area (Å²) in [5.41, 5.74) is 5.55. The molecule has 94 valence electrons. The van der Waals surface area contributed by atoms with Crippen molar-refractivity contribution in [3.8, 4) is 0 Å². The zero-order valence-electron chi connectivity index (χ0n) is 10.1. The van der Waals surface area contributed by atoms with E-state index in [-0.39, 0.29) is 11.1 Å². The lowest BCUT2D eigenvalue weighted by Gasteiger charge is -2.25. The molecule has 5 heteroatoms. The number of anilines is 1. The van der Waals surface area contributed by atoms with E-state index in [1.165, 1.54) is 12.1 Å². The molecule has 0 aliphatic heterocycles. The van der Waals surface area contributed by atoms with E-state index >= 15 is 0 Å². The summed E-state index contributed by atoms with van der Waals surface area (Å²) in [5.74, 6) is -0.882. The van der Waals surface area contributed by atoms with Crippen molar-refractivity contribution >= 4 is 27.5 Å². The van der Waals surface area contributed by atoms with Gasteiger partial charge in [-0.05, 0) is 23.6 Å². The number of benzene rings is 1. The zero-order chi connectivity index (χ0) is 13.2. The molecular weight excluding hydrogens is 287 g/mol. The lowest BCUT2D eigenvalue weighted by molar-refractivity contribution is -0.119. The van der Waals surface area contributed by atoms with Crippen LogP contribution in [0.1, 0.15) is 20.8 Å². The van der Waals surface area contributed by atoms with Crippen LogP contribution in [0.5, 0.6) is 0 Å². The molecule has 1 rings (SSSR count). The highest BCUT2D eigenvalue weighted by molar-refractivity contribution is 9.10. The fourth-order valence-electron chi connectivity index (χ4n) is 1.19. The van der Waals surface area contributed by atoms with Crippen molar-refractivity contribution in [2.24, 2.45) is 11.1 Å². The maximum atomic E-state index is 13.5. The summed E-state index contributed by atoms with van der Waals surface area (Å²) in [5, 5.41) is 2.48. The van der Waals surface area contributed by atoms with Gasteiger partial charge in [0.15, 0.2) is 0 Å². The number of hydrogen-bond acceptors (Lipinski definition) is 2. The molecule has 1 unspecified atom stereocenters. The van der Waals surface area contributed by atoms with Gasteiger partial charge in [0.2, 0.25) is 5.91 Å². The van der Waals surface area contributed by atoms with Gasteiger partial charge >= 0.3 is 0 Å². The van der Waals surface area contributed by atoms with E-state index in [1.54, 1.807) is 6.07 Å². The van der Waals surface area contributed by atoms with Crippen LogP contribution in [0.15, 0.2) is 22.7 Å². The third kappa shape index (κ3) is 3.78. The topological polar surface area (TPSA) is 55.1 Å². The first-order chi connectivity index (χ1) is 7.71. The van der Waals surface area contributed by atoms with Crippen LogP contribution in [0.2, 0.25) is 0 Å². The molecular formula is C12H16BrFN2O. The minimum absolute atomic E-state index is 0.137. The molecule has 17 heavy (non-hydrogen) atoms. The molecule has 1 amide bonds. The van der Waals surface area contributed by atoms with Crippen LogP contribution in [-0.4, -0.2) is 11.9 Å². The standard InChI is InChI=1S/C12H16BrFN2O/c1-12(2,3)10(15)11(17)16-9-5-4-7(13)6-8(9)14/h4-6,10H,15H2,1-3H3,(H,16,17). The third-order valence-corrected chi connectivity index (χ3v) is 2.90. The first-order valence-electron chi connectivity index (χ1n) is 5.23. The molecule has 3 nitrogen and oxygen atoms in total. The number of halogens is 2. The van der Waals surface area contributed by atoms with Crippen LogP contribution >= 0.6 is 15.9 Å². The number of carbonyl (C=O) groups is 1. The van der Waals surface area contributed by atoms with Crippen LogP contribution in [0.25, 0.3) is 0 Å². The van der Waals surface area contributed by atoms with Crippen LogP contribution in [0.4, 0.5) is 10.1 Å². The van der Waals surface area contributed by atoms with E-state index in [4.69, 9.17) is 5.73 Å². The van der Waals surface area contributed by atoms with Gasteiger partial charge in [-0.2, -0.15) is 0 Å². The van der Waals surface area contributed by atoms with Crippen molar-refractivity contribution in [1.82, 2.24) is 0 Å². The number of carbonyl (C=O) groups excluding carboxylic acids is 1. The molecule has 0 spiro atoms. The molecule has 0 fully saturated rings. The van der Waals surface area contributed by atoms with Crippen molar-refractivity contribution in [3.63, 3.8) is 0 Å². The lowest BCUT2D eigenvalue weighted by atomic mass is 9.87. The highest BCUT2D eigenvalue weighted by Gasteiger charge is 2.27. The highest BCUT2D eigenvalue weighted by Crippen LogP contribution is 2.22. The summed E-state index contributed by atoms with van der Waals surface area (Å²) in [7, 11) is 0. The van der Waals surface area contributed by atoms with Crippen LogP contribution in [0.3, 0.4) is 0 Å². The van der Waals surface area contributed by atoms with Gasteiger partial charge in [-0.15, -0.1) is 0 Å². The Kier molecular flexibility index (Phi) is 4.27. The Morgan fingerprint density at radius 1 is 1.47 bits per heavy atom. The first-order valence-corrected chi connectivity index (χ1v) is 6.02. The fraction of sp³-hybridized carbons (Fsp3) is 0.417. The van der Waals surface area contributed by atoms with Crippen molar-refractivity contribution in [3.05, 3.63) is 28.5 Å². The van der Waals surface area contributed by atoms with Crippen LogP contribution < -0.4 is 11.1 Å². The van der Waals surface area contributed by atoms with Gasteiger partial charge in [-0.1, -0.05) is 36.7 Å². The van der Waals surface area contributed by atoms with E-state index in [0.717, 1.165) is 0 Å². The number of hydrogen-bond donors (Lipinski definition) is 2. The second kappa shape index (κ2) is 5.14. The lowest BCUT2D eigenvalue weighted by Crippen LogP contribution is -2.45. The maximum absolute atomic E-state index is 13.5. The third-order valence-electron chi connectivity index (χ3n) is 2.40. The van der Waals surface area contributed by atoms with E-state index in [9.17, 15) is 9.18 Å². The SMILES string of the molecule is CC(C)(C)C(N)C(=O)Nc1ccc(Br)cc1F. The molecule has 0 radical (unpaired) electrons. The minimum atomic E-state index is -0.689. The first kappa shape index (κ1) is 14.1. The van der Waals surface area contributed by atoms with Gasteiger partial charge in [-0.3, -0.25) is 4.79 Å². The normalized spacial score (nSPS) is 13.3. The number of nitrogens with two attached hydrogens (primary N) is 1. The molecule has 0 bridgehead atoms. The number of rotatable bonds is 2. The Morgan fingerprint density at radius 3 is 2.53 bits per heavy atom. The summed E-state index contributed by atoms with van der Waals surface area (Å²) in [6, 6.07) is 3.75. The van der Waals surface area contributed by atoms with E-state index in [0.29, 0.717) is 4.47 Å². The van der Waals surface area contributed by atoms with Gasteiger partial charge in [0, 0.05) is 4.47 Å². The molecule has 0 aliphatic carbocycles. The Labute approximate surface area is 109 Å². The van der Waals surface area contributed by atoms with Gasteiger partial charge < -0.3 is 11.1 Å². The molecule has 3 N–H and O–H groups in total. The van der Waals surface area contributed by atoms with Crippen molar-refractivity contribution in [2.45, 2.75) is 26.8 Å². The predicted molar refractivity (Wildman–Crippen MR) is 70.2 cm³/mol. The Hall–Kier alpha value is -0.940. The van der Waals surface area contributed by atoms with E-state index in [1.807, 2.05) is 20.8 Å². The van der Waals surface area contributed by atoms with E-state index in [2.05, 4.69) is 21.2 Å². The van der Waals surface area contributed by atoms with Crippen molar-refractivity contribution in [1.29, 1.82) is 0 Å². The summed E-state index contributed by atoms with van der Waals surface area (Å²) < 4.78 is 14.1. The monoisotopic (exact) mass is 302 g/mol. The predicted octanol–water partition coefficient (Wildman–Crippen LogP) is 2.90. The molecule has 0 saturated heterocycles. The smallest absolute Gasteiger partial charge is 0.241 e. The molecule has 1 aromatic carbocycles. The summed E-state index contributed by atoms with van der Waals surface area (Å²) in [6.07, 6.45) is 0. The zero-order valence-corrected chi connectivity index (χ0v) is 11.6. The molecule has 0 saturated carbocycles. The number of amides is 1. The van der Waals surface area contributed by atoms with Crippen LogP contribution in [0, 0.1) is 11.2 Å². The summed E-state index contributed by atoms with van der Waals surface area (Å²) in [6.45, 7) is 5.57. The second-order valence-electron chi connectivity index (χ2n) is 4.96. The molecule has 0 heterocycles. The fourth-order valence-corrected chi connectivity index (χ4v) is 1.53.